The molecule has 8 aliphatic rings. The number of hydrogen-bond acceptors (Lipinski definition) is 23. The molecule has 4 unspecified atom stereocenters. The lowest BCUT2D eigenvalue weighted by atomic mass is 9.89. The number of nitrogens with zero attached hydrogens (tertiary/aromatic N) is 16. The molecule has 8 fully saturated rings. The summed E-state index contributed by atoms with van der Waals surface area (Å²) in [6.07, 6.45) is 13.6. The van der Waals surface area contributed by atoms with Crippen LogP contribution in [0, 0.1) is 59.2 Å². The highest BCUT2D eigenvalue weighted by Crippen LogP contribution is 2.63. The third-order valence-corrected chi connectivity index (χ3v) is 22.8. The van der Waals surface area contributed by atoms with Gasteiger partial charge in [-0.1, -0.05) is 23.2 Å². The smallest absolute Gasteiger partial charge is 0.410 e. The summed E-state index contributed by atoms with van der Waals surface area (Å²) in [6.45, 7) is 31.5. The summed E-state index contributed by atoms with van der Waals surface area (Å²) in [5.74, 6) is 0.360. The molecule has 6 aromatic heterocycles. The van der Waals surface area contributed by atoms with E-state index in [0.29, 0.717) is 105 Å². The molecule has 0 bridgehead atoms. The first kappa shape index (κ1) is 86.1. The van der Waals surface area contributed by atoms with E-state index in [1.165, 1.54) is 0 Å². The zero-order valence-electron chi connectivity index (χ0n) is 68.2. The fraction of sp³-hybridized carbons (Fsp3) is 0.630. The van der Waals surface area contributed by atoms with Gasteiger partial charge in [-0.25, -0.2) is 19.2 Å². The molecule has 4 amide bonds. The van der Waals surface area contributed by atoms with Gasteiger partial charge in [0.2, 0.25) is 0 Å². The van der Waals surface area contributed by atoms with Crippen LogP contribution in [0.25, 0.3) is 22.8 Å². The number of hydrogen-bond donors (Lipinski definition) is 2. The highest BCUT2D eigenvalue weighted by Gasteiger charge is 2.62. The number of carboxylic acids is 1. The number of aryl methyl sites for hydroxylation is 4. The maximum absolute atomic E-state index is 12.9. The molecule has 0 aromatic carbocycles. The molecule has 612 valence electrons. The van der Waals surface area contributed by atoms with Crippen LogP contribution in [-0.4, -0.2) is 208 Å². The van der Waals surface area contributed by atoms with Gasteiger partial charge in [-0.2, -0.15) is 25.5 Å². The molecular weight excluding hydrogens is 1490 g/mol. The second-order valence-electron chi connectivity index (χ2n) is 35.7. The number of aliphatic carboxylic acids is 1. The first-order valence-electron chi connectivity index (χ1n) is 39.0. The minimum atomic E-state index is -0.694. The molecule has 4 aliphatic heterocycles. The van der Waals surface area contributed by atoms with Gasteiger partial charge in [0.05, 0.1) is 66.0 Å². The van der Waals surface area contributed by atoms with Crippen molar-refractivity contribution in [1.29, 1.82) is 0 Å². The summed E-state index contributed by atoms with van der Waals surface area (Å²) in [5.41, 5.74) is 10.9. The minimum Gasteiger partial charge on any atom is -0.481 e. The number of nitrogen functional groups attached to an aromatic ring is 1. The van der Waals surface area contributed by atoms with Crippen LogP contribution in [0.15, 0.2) is 60.9 Å². The zero-order chi connectivity index (χ0) is 82.6. The number of carbonyl (C=O) groups is 8. The molecule has 113 heavy (non-hydrogen) atoms. The van der Waals surface area contributed by atoms with Gasteiger partial charge in [0, 0.05) is 84.2 Å². The van der Waals surface area contributed by atoms with Crippen LogP contribution in [0.5, 0.6) is 0 Å². The van der Waals surface area contributed by atoms with Gasteiger partial charge in [-0.15, -0.1) is 25.5 Å². The molecule has 3 N–H and O–H groups in total. The molecular formula is C81H111Cl2N17O13. The van der Waals surface area contributed by atoms with Gasteiger partial charge in [0.15, 0.2) is 10.3 Å². The van der Waals surface area contributed by atoms with E-state index < -0.39 is 28.4 Å². The van der Waals surface area contributed by atoms with Crippen molar-refractivity contribution in [2.45, 2.75) is 216 Å². The van der Waals surface area contributed by atoms with Crippen LogP contribution in [0.1, 0.15) is 188 Å². The predicted molar refractivity (Wildman–Crippen MR) is 421 cm³/mol. The summed E-state index contributed by atoms with van der Waals surface area (Å²) in [6, 6.07) is 14.1. The highest BCUT2D eigenvalue weighted by atomic mass is 35.5. The standard InChI is InChI=1S/2C23H31N5O3.C18H24ClN3O3.C13H21NO4.C4H4ClN3/c2*1-15-14-24-27(5)20(15)18-7-6-16(25-26-18)12-19(29)17-13-23(17)8-10-28(11-9-23)21(30)31-22(2,3)4;1-17(2,3)25-16(24)22-8-6-18(7-9-22)11-13(18)14(23)10-12-4-5-15(19)21-20-12;1-12(2,3)18-11(17)14-6-4-13(5-7-14)8-9(13)10(15)16;5-3-1-2-4(6)8-7-3/h2*6-7,14,17H,8-13H2,1-5H3;4-5,13H,6-11H2,1-3H3;9H,4-8H2,1-3H3,(H,15,16);1-2H,(H2,6,8). The number of carbonyl (C=O) groups excluding carboxylic acids is 7. The number of rotatable bonds is 12. The van der Waals surface area contributed by atoms with E-state index in [4.69, 9.17) is 53.0 Å². The monoisotopic (exact) mass is 1600 g/mol. The second-order valence-corrected chi connectivity index (χ2v) is 36.4. The Morgan fingerprint density at radius 1 is 0.407 bits per heavy atom. The van der Waals surface area contributed by atoms with Crippen molar-refractivity contribution in [2.24, 2.45) is 59.4 Å². The zero-order valence-corrected chi connectivity index (χ0v) is 69.7. The van der Waals surface area contributed by atoms with Gasteiger partial charge < -0.3 is 49.4 Å². The van der Waals surface area contributed by atoms with Crippen LogP contribution in [0.4, 0.5) is 25.0 Å². The summed E-state index contributed by atoms with van der Waals surface area (Å²) in [7, 11) is 3.75. The fourth-order valence-corrected chi connectivity index (χ4v) is 16.0. The van der Waals surface area contributed by atoms with Crippen LogP contribution in [0.2, 0.25) is 10.3 Å². The minimum absolute atomic E-state index is 0.0374. The Balaban J connectivity index is 0.000000157. The Morgan fingerprint density at radius 3 is 0.885 bits per heavy atom. The Bertz CT molecular complexity index is 4160. The van der Waals surface area contributed by atoms with Gasteiger partial charge in [0.1, 0.15) is 57.0 Å². The summed E-state index contributed by atoms with van der Waals surface area (Å²) in [5, 5.41) is 50.1. The Hall–Kier alpha value is -9.32. The normalized spacial score (nSPS) is 20.6. The van der Waals surface area contributed by atoms with Crippen molar-refractivity contribution in [3.8, 4) is 22.8 Å². The Morgan fingerprint density at radius 2 is 0.673 bits per heavy atom. The van der Waals surface area contributed by atoms with Crippen molar-refractivity contribution in [3.63, 3.8) is 0 Å². The maximum atomic E-state index is 12.9. The maximum Gasteiger partial charge on any atom is 0.410 e. The molecule has 30 nitrogen and oxygen atoms in total. The molecule has 6 aromatic rings. The number of nitrogens with two attached hydrogens (primary N) is 1. The second kappa shape index (κ2) is 34.4. The highest BCUT2D eigenvalue weighted by molar-refractivity contribution is 6.29. The molecule has 0 radical (unpaired) electrons. The molecule has 4 atom stereocenters. The van der Waals surface area contributed by atoms with Crippen molar-refractivity contribution < 1.29 is 62.4 Å². The fourth-order valence-electron chi connectivity index (χ4n) is 15.8. The number of ether oxygens (including phenoxy) is 4. The molecule has 4 aliphatic carbocycles. The van der Waals surface area contributed by atoms with Gasteiger partial charge in [-0.05, 0) is 255 Å². The van der Waals surface area contributed by atoms with Crippen molar-refractivity contribution in [1.82, 2.24) is 80.0 Å². The van der Waals surface area contributed by atoms with E-state index >= 15 is 0 Å². The molecule has 4 saturated carbocycles. The number of amides is 4. The third-order valence-electron chi connectivity index (χ3n) is 22.4. The first-order valence-corrected chi connectivity index (χ1v) is 39.7. The number of aromatic nitrogens is 12. The summed E-state index contributed by atoms with van der Waals surface area (Å²) >= 11 is 11.1. The topological polar surface area (TPSA) is 371 Å². The van der Waals surface area contributed by atoms with Gasteiger partial charge in [0.25, 0.3) is 0 Å². The average molecular weight is 1600 g/mol. The van der Waals surface area contributed by atoms with E-state index in [0.717, 1.165) is 111 Å². The van der Waals surface area contributed by atoms with E-state index in [1.807, 2.05) is 135 Å². The van der Waals surface area contributed by atoms with Crippen LogP contribution in [0.3, 0.4) is 0 Å². The molecule has 4 spiro atoms. The largest absolute Gasteiger partial charge is 0.481 e. The number of halogens is 2. The number of likely N-dealkylation sites (tertiary alicyclic amines) is 4. The van der Waals surface area contributed by atoms with Crippen molar-refractivity contribution in [2.75, 3.05) is 58.1 Å². The molecule has 14 rings (SSSR count). The Kier molecular flexibility index (Phi) is 26.2. The molecule has 4 saturated heterocycles. The summed E-state index contributed by atoms with van der Waals surface area (Å²) < 4.78 is 25.2. The summed E-state index contributed by atoms with van der Waals surface area (Å²) in [4.78, 5) is 105. The van der Waals surface area contributed by atoms with Crippen molar-refractivity contribution >= 4 is 76.7 Å². The van der Waals surface area contributed by atoms with Crippen molar-refractivity contribution in [3.05, 3.63) is 99.4 Å². The SMILES string of the molecule is CC(C)(C)OC(=O)N1CCC2(CC1)CC2C(=O)Cc1ccc(Cl)nn1.CC(C)(C)OC(=O)N1CCC2(CC1)CC2C(=O)O.Cc1cnn(C)c1-c1ccc(CC(=O)C2CC23CCN(C(=O)OC(C)(C)C)CC3)nn1.Cc1cnn(C)c1-c1ccc(CC(=O)C2CC23CCN(C(=O)OC(C)(C)C)CC3)nn1.Nc1ccc(Cl)nn1. The quantitative estimate of drug-likeness (QED) is 0.107. The number of ketones is 3. The van der Waals surface area contributed by atoms with E-state index in [-0.39, 0.29) is 87.1 Å². The average Bonchev–Trinajstić information content (AvgIpc) is 1.60. The number of carboxylic acid groups (broad SMARTS) is 1. The van der Waals surface area contributed by atoms with E-state index in [2.05, 4.69) is 51.0 Å². The van der Waals surface area contributed by atoms with Gasteiger partial charge in [-0.3, -0.25) is 28.5 Å². The number of piperidine rings is 4. The number of Topliss-reactive ketones (excluding diaryl/α,β-unsaturated/α-hetero) is 3. The molecule has 10 heterocycles. The van der Waals surface area contributed by atoms with Crippen LogP contribution < -0.4 is 5.73 Å². The lowest BCUT2D eigenvalue weighted by molar-refractivity contribution is -0.139. The lowest BCUT2D eigenvalue weighted by Crippen LogP contribution is -2.42. The lowest BCUT2D eigenvalue weighted by Gasteiger charge is -2.34. The van der Waals surface area contributed by atoms with Crippen LogP contribution in [-0.2, 0) is 71.5 Å². The van der Waals surface area contributed by atoms with E-state index in [9.17, 15) is 38.4 Å². The Labute approximate surface area is 671 Å². The van der Waals surface area contributed by atoms with E-state index in [1.54, 1.807) is 65.6 Å². The molecule has 32 heteroatoms. The number of anilines is 1. The van der Waals surface area contributed by atoms with Gasteiger partial charge >= 0.3 is 30.3 Å². The van der Waals surface area contributed by atoms with Crippen LogP contribution >= 0.6 is 23.2 Å². The predicted octanol–water partition coefficient (Wildman–Crippen LogP) is 12.8. The first-order chi connectivity index (χ1) is 52.9. The third kappa shape index (κ3) is 23.0.